The number of fused-ring (bicyclic) bond motifs is 1. The van der Waals surface area contributed by atoms with Crippen LogP contribution in [0.15, 0.2) is 66.7 Å². The number of nitrogens with one attached hydrogen (secondary N) is 2. The van der Waals surface area contributed by atoms with Crippen molar-refractivity contribution in [1.29, 1.82) is 5.26 Å². The number of nitriles is 1. The van der Waals surface area contributed by atoms with Crippen molar-refractivity contribution in [3.8, 4) is 28.5 Å². The number of hydrogen-bond acceptors (Lipinski definition) is 5. The molecule has 3 aromatic carbocycles. The summed E-state index contributed by atoms with van der Waals surface area (Å²) in [5.41, 5.74) is 2.97. The number of nitrogens with zero attached hydrogens (tertiary/aromatic N) is 4. The van der Waals surface area contributed by atoms with Gasteiger partial charge in [-0.2, -0.15) is 10.4 Å². The fourth-order valence-electron chi connectivity index (χ4n) is 5.13. The minimum atomic E-state index is -1.40. The summed E-state index contributed by atoms with van der Waals surface area (Å²) in [5.74, 6) is -3.65. The predicted octanol–water partition coefficient (Wildman–Crippen LogP) is 6.00. The highest BCUT2D eigenvalue weighted by atomic mass is 35.5. The fraction of sp³-hybridized carbons (Fsp3) is 0.167. The van der Waals surface area contributed by atoms with Crippen molar-refractivity contribution in [2.45, 2.75) is 6.42 Å². The number of aromatic nitrogens is 3. The summed E-state index contributed by atoms with van der Waals surface area (Å²) < 4.78 is 44.1. The lowest BCUT2D eigenvalue weighted by Crippen LogP contribution is -2.43. The van der Waals surface area contributed by atoms with Crippen LogP contribution in [-0.4, -0.2) is 41.4 Å². The number of anilines is 1. The first-order valence-electron chi connectivity index (χ1n) is 12.6. The molecule has 0 amide bonds. The van der Waals surface area contributed by atoms with E-state index < -0.39 is 23.0 Å². The van der Waals surface area contributed by atoms with Crippen LogP contribution in [0.2, 0.25) is 0 Å². The Kier molecular flexibility index (Phi) is 7.74. The molecular weight excluding hydrogens is 537 g/mol. The van der Waals surface area contributed by atoms with E-state index in [0.717, 1.165) is 43.5 Å². The van der Waals surface area contributed by atoms with Gasteiger partial charge in [0.25, 0.3) is 0 Å². The number of aromatic amines is 1. The summed E-state index contributed by atoms with van der Waals surface area (Å²) in [6.07, 6.45) is 0.470. The Morgan fingerprint density at radius 3 is 2.27 bits per heavy atom. The Bertz CT molecular complexity index is 1710. The summed E-state index contributed by atoms with van der Waals surface area (Å²) in [4.78, 5) is 6.65. The van der Waals surface area contributed by atoms with Gasteiger partial charge in [0, 0.05) is 49.5 Å². The molecule has 0 unspecified atom stereocenters. The smallest absolute Gasteiger partial charge is 0.182 e. The van der Waals surface area contributed by atoms with Crippen LogP contribution in [0.5, 0.6) is 0 Å². The van der Waals surface area contributed by atoms with E-state index in [4.69, 9.17) is 0 Å². The second-order valence-corrected chi connectivity index (χ2v) is 9.39. The van der Waals surface area contributed by atoms with Crippen molar-refractivity contribution in [1.82, 2.24) is 20.5 Å². The first kappa shape index (κ1) is 27.2. The van der Waals surface area contributed by atoms with Crippen LogP contribution in [0.1, 0.15) is 16.8 Å². The maximum absolute atomic E-state index is 14.9. The number of H-pyrrole nitrogens is 1. The van der Waals surface area contributed by atoms with Gasteiger partial charge in [0.05, 0.1) is 22.2 Å². The maximum Gasteiger partial charge on any atom is 0.182 e. The quantitative estimate of drug-likeness (QED) is 0.258. The van der Waals surface area contributed by atoms with Gasteiger partial charge in [0.2, 0.25) is 0 Å². The molecule has 5 aromatic rings. The Morgan fingerprint density at radius 2 is 1.57 bits per heavy atom. The molecule has 40 heavy (non-hydrogen) atoms. The molecule has 10 heteroatoms. The summed E-state index contributed by atoms with van der Waals surface area (Å²) in [7, 11) is 0. The van der Waals surface area contributed by atoms with E-state index in [2.05, 4.69) is 31.5 Å². The lowest BCUT2D eigenvalue weighted by atomic mass is 9.91. The van der Waals surface area contributed by atoms with Crippen LogP contribution >= 0.6 is 12.4 Å². The van der Waals surface area contributed by atoms with E-state index in [1.54, 1.807) is 0 Å². The van der Waals surface area contributed by atoms with Gasteiger partial charge in [-0.1, -0.05) is 42.5 Å². The number of piperazine rings is 1. The minimum Gasteiger partial charge on any atom is -0.369 e. The highest BCUT2D eigenvalue weighted by molar-refractivity contribution is 6.01. The first-order valence-corrected chi connectivity index (χ1v) is 12.6. The molecule has 202 valence electrons. The van der Waals surface area contributed by atoms with Crippen LogP contribution in [0.25, 0.3) is 33.4 Å². The third-order valence-electron chi connectivity index (χ3n) is 7.03. The van der Waals surface area contributed by atoms with Gasteiger partial charge in [-0.25, -0.2) is 18.2 Å². The average Bonchev–Trinajstić information content (AvgIpc) is 3.37. The number of rotatable bonds is 5. The Balaban J connectivity index is 0.00000323. The van der Waals surface area contributed by atoms with Gasteiger partial charge in [-0.3, -0.25) is 5.10 Å². The molecule has 0 spiro atoms. The second-order valence-electron chi connectivity index (χ2n) is 9.39. The normalized spacial score (nSPS) is 13.2. The van der Waals surface area contributed by atoms with Crippen LogP contribution < -0.4 is 10.2 Å². The summed E-state index contributed by atoms with van der Waals surface area (Å²) >= 11 is 0. The van der Waals surface area contributed by atoms with Crippen molar-refractivity contribution in [3.05, 3.63) is 101 Å². The molecule has 1 aliphatic rings. The van der Waals surface area contributed by atoms with E-state index in [-0.39, 0.29) is 29.3 Å². The Hall–Kier alpha value is -4.39. The zero-order valence-electron chi connectivity index (χ0n) is 21.2. The molecular formula is C30H24ClF3N6. The molecule has 6 rings (SSSR count). The van der Waals surface area contributed by atoms with E-state index in [0.29, 0.717) is 34.7 Å². The van der Waals surface area contributed by atoms with Crippen molar-refractivity contribution in [2.75, 3.05) is 31.1 Å². The second kappa shape index (κ2) is 11.4. The van der Waals surface area contributed by atoms with Gasteiger partial charge in [0.15, 0.2) is 17.3 Å². The predicted molar refractivity (Wildman–Crippen MR) is 151 cm³/mol. The first-order chi connectivity index (χ1) is 19.0. The lowest BCUT2D eigenvalue weighted by Gasteiger charge is -2.29. The minimum absolute atomic E-state index is 0. The molecule has 0 atom stereocenters. The van der Waals surface area contributed by atoms with Crippen LogP contribution in [0.3, 0.4) is 0 Å². The highest BCUT2D eigenvalue weighted by Gasteiger charge is 2.27. The van der Waals surface area contributed by atoms with Crippen molar-refractivity contribution >= 4 is 29.1 Å². The molecule has 0 aliphatic carbocycles. The van der Waals surface area contributed by atoms with Gasteiger partial charge in [0.1, 0.15) is 11.9 Å². The molecule has 1 fully saturated rings. The van der Waals surface area contributed by atoms with Crippen LogP contribution in [0.4, 0.5) is 18.9 Å². The maximum atomic E-state index is 14.9. The summed E-state index contributed by atoms with van der Waals surface area (Å²) in [6, 6.07) is 21.1. The number of benzene rings is 3. The average molecular weight is 561 g/mol. The van der Waals surface area contributed by atoms with Gasteiger partial charge >= 0.3 is 0 Å². The third kappa shape index (κ3) is 4.88. The van der Waals surface area contributed by atoms with E-state index in [1.165, 1.54) is 0 Å². The summed E-state index contributed by atoms with van der Waals surface area (Å²) in [6.45, 7) is 3.51. The monoisotopic (exact) mass is 560 g/mol. The molecule has 3 heterocycles. The van der Waals surface area contributed by atoms with Crippen molar-refractivity contribution < 1.29 is 13.2 Å². The van der Waals surface area contributed by atoms with Crippen LogP contribution in [0, 0.1) is 28.8 Å². The van der Waals surface area contributed by atoms with Gasteiger partial charge < -0.3 is 10.2 Å². The molecule has 0 saturated carbocycles. The molecule has 2 N–H and O–H groups in total. The Labute approximate surface area is 234 Å². The van der Waals surface area contributed by atoms with Gasteiger partial charge in [-0.05, 0) is 35.4 Å². The van der Waals surface area contributed by atoms with E-state index >= 15 is 0 Å². The number of halogens is 4. The van der Waals surface area contributed by atoms with Crippen LogP contribution in [-0.2, 0) is 6.42 Å². The van der Waals surface area contributed by atoms with Crippen molar-refractivity contribution in [2.24, 2.45) is 0 Å². The SMILES string of the molecule is Cl.N#Cc1c(-c2c(F)ccc(F)c2F)nc2n[nH]c(Cc3ccccc3)c2c1-c1ccc(N2CCNCC2)cc1. The zero-order chi connectivity index (χ0) is 26.9. The molecule has 2 aromatic heterocycles. The number of pyridine rings is 1. The molecule has 6 nitrogen and oxygen atoms in total. The fourth-order valence-corrected chi connectivity index (χ4v) is 5.13. The summed E-state index contributed by atoms with van der Waals surface area (Å²) in [5, 5.41) is 21.6. The number of hydrogen-bond donors (Lipinski definition) is 2. The third-order valence-corrected chi connectivity index (χ3v) is 7.03. The highest BCUT2D eigenvalue weighted by Crippen LogP contribution is 2.40. The van der Waals surface area contributed by atoms with E-state index in [9.17, 15) is 18.4 Å². The molecule has 1 saturated heterocycles. The van der Waals surface area contributed by atoms with E-state index in [1.807, 2.05) is 54.6 Å². The standard InChI is InChI=1S/C30H23F3N6.ClH/c31-22-10-11-23(32)28(33)26(22)29-21(17-34)25(19-6-8-20(9-7-19)39-14-12-35-13-15-39)27-24(37-38-30(27)36-29)16-18-4-2-1-3-5-18;/h1-11,35H,12-16H2,(H,36,37,38);1H. The molecule has 0 bridgehead atoms. The zero-order valence-corrected chi connectivity index (χ0v) is 22.0. The van der Waals surface area contributed by atoms with Gasteiger partial charge in [-0.15, -0.1) is 12.4 Å². The molecule has 0 radical (unpaired) electrons. The van der Waals surface area contributed by atoms with Crippen molar-refractivity contribution in [3.63, 3.8) is 0 Å². The lowest BCUT2D eigenvalue weighted by molar-refractivity contribution is 0.498. The largest absolute Gasteiger partial charge is 0.369 e. The Morgan fingerprint density at radius 1 is 0.875 bits per heavy atom. The topological polar surface area (TPSA) is 80.6 Å². The molecule has 1 aliphatic heterocycles.